The first-order valence-electron chi connectivity index (χ1n) is 6.20. The van der Waals surface area contributed by atoms with Crippen molar-refractivity contribution in [1.82, 2.24) is 4.90 Å². The van der Waals surface area contributed by atoms with Crippen molar-refractivity contribution in [3.8, 4) is 5.75 Å². The summed E-state index contributed by atoms with van der Waals surface area (Å²) in [5, 5.41) is 8.88. The Morgan fingerprint density at radius 3 is 2.84 bits per heavy atom. The Kier molecular flexibility index (Phi) is 6.32. The minimum absolute atomic E-state index is 0.235. The van der Waals surface area contributed by atoms with Crippen LogP contribution in [0.4, 0.5) is 0 Å². The molecule has 0 aliphatic heterocycles. The van der Waals surface area contributed by atoms with Crippen LogP contribution in [0.1, 0.15) is 17.3 Å². The smallest absolute Gasteiger partial charge is 0.335 e. The summed E-state index contributed by atoms with van der Waals surface area (Å²) in [4.78, 5) is 12.9. The van der Waals surface area contributed by atoms with Crippen molar-refractivity contribution in [2.75, 3.05) is 33.9 Å². The van der Waals surface area contributed by atoms with Crippen molar-refractivity contribution in [3.63, 3.8) is 0 Å². The molecule has 0 amide bonds. The van der Waals surface area contributed by atoms with Crippen LogP contribution < -0.4 is 4.74 Å². The van der Waals surface area contributed by atoms with Crippen LogP contribution in [0.15, 0.2) is 24.3 Å². The number of methoxy groups -OCH3 is 1. The molecule has 0 aliphatic carbocycles. The van der Waals surface area contributed by atoms with E-state index < -0.39 is 5.97 Å². The van der Waals surface area contributed by atoms with Crippen molar-refractivity contribution >= 4 is 5.97 Å². The number of carbonyl (C=O) groups is 1. The number of hydrogen-bond donors (Lipinski definition) is 1. The van der Waals surface area contributed by atoms with E-state index in [9.17, 15) is 4.79 Å². The zero-order valence-corrected chi connectivity index (χ0v) is 11.6. The summed E-state index contributed by atoms with van der Waals surface area (Å²) < 4.78 is 10.6. The van der Waals surface area contributed by atoms with Crippen molar-refractivity contribution in [2.45, 2.75) is 13.0 Å². The molecule has 19 heavy (non-hydrogen) atoms. The third-order valence-corrected chi connectivity index (χ3v) is 2.95. The van der Waals surface area contributed by atoms with Crippen LogP contribution in [0, 0.1) is 0 Å². The second-order valence-electron chi connectivity index (χ2n) is 4.47. The van der Waals surface area contributed by atoms with Gasteiger partial charge >= 0.3 is 5.97 Å². The first-order valence-corrected chi connectivity index (χ1v) is 6.20. The van der Waals surface area contributed by atoms with E-state index in [2.05, 4.69) is 11.8 Å². The molecule has 1 aromatic carbocycles. The van der Waals surface area contributed by atoms with Gasteiger partial charge in [0, 0.05) is 19.7 Å². The molecule has 5 heteroatoms. The minimum atomic E-state index is -0.948. The number of carboxylic acid groups (broad SMARTS) is 1. The SMILES string of the molecule is COCC(C)N(C)CCOc1cccc(C(=O)O)c1. The quantitative estimate of drug-likeness (QED) is 0.777. The Hall–Kier alpha value is -1.59. The second-order valence-corrected chi connectivity index (χ2v) is 4.47. The molecule has 1 aromatic rings. The van der Waals surface area contributed by atoms with Crippen LogP contribution in [0.3, 0.4) is 0 Å². The maximum absolute atomic E-state index is 10.8. The fraction of sp³-hybridized carbons (Fsp3) is 0.500. The maximum atomic E-state index is 10.8. The van der Waals surface area contributed by atoms with Crippen molar-refractivity contribution in [3.05, 3.63) is 29.8 Å². The third-order valence-electron chi connectivity index (χ3n) is 2.95. The van der Waals surface area contributed by atoms with Gasteiger partial charge in [-0.2, -0.15) is 0 Å². The number of benzene rings is 1. The largest absolute Gasteiger partial charge is 0.492 e. The summed E-state index contributed by atoms with van der Waals surface area (Å²) in [5.74, 6) is -0.371. The summed E-state index contributed by atoms with van der Waals surface area (Å²) in [6, 6.07) is 6.82. The lowest BCUT2D eigenvalue weighted by Crippen LogP contribution is -2.35. The monoisotopic (exact) mass is 267 g/mol. The number of ether oxygens (including phenoxy) is 2. The third kappa shape index (κ3) is 5.28. The Labute approximate surface area is 113 Å². The fourth-order valence-electron chi connectivity index (χ4n) is 1.62. The minimum Gasteiger partial charge on any atom is -0.492 e. The topological polar surface area (TPSA) is 59.0 Å². The van der Waals surface area contributed by atoms with Gasteiger partial charge in [-0.05, 0) is 32.2 Å². The van der Waals surface area contributed by atoms with Gasteiger partial charge in [-0.15, -0.1) is 0 Å². The van der Waals surface area contributed by atoms with E-state index in [-0.39, 0.29) is 5.56 Å². The molecular formula is C14H21NO4. The molecule has 5 nitrogen and oxygen atoms in total. The Morgan fingerprint density at radius 1 is 1.47 bits per heavy atom. The van der Waals surface area contributed by atoms with E-state index in [0.29, 0.717) is 25.0 Å². The molecular weight excluding hydrogens is 246 g/mol. The van der Waals surface area contributed by atoms with Crippen molar-refractivity contribution < 1.29 is 19.4 Å². The average Bonchev–Trinajstić information content (AvgIpc) is 2.39. The van der Waals surface area contributed by atoms with Crippen LogP contribution in [0.2, 0.25) is 0 Å². The first kappa shape index (κ1) is 15.5. The van der Waals surface area contributed by atoms with Crippen LogP contribution in [-0.4, -0.2) is 55.9 Å². The van der Waals surface area contributed by atoms with Crippen LogP contribution in [0.5, 0.6) is 5.75 Å². The highest BCUT2D eigenvalue weighted by atomic mass is 16.5. The zero-order chi connectivity index (χ0) is 14.3. The summed E-state index contributed by atoms with van der Waals surface area (Å²) in [7, 11) is 3.68. The van der Waals surface area contributed by atoms with E-state index >= 15 is 0 Å². The molecule has 1 atom stereocenters. The van der Waals surface area contributed by atoms with Gasteiger partial charge in [-0.25, -0.2) is 4.79 Å². The van der Waals surface area contributed by atoms with Gasteiger partial charge < -0.3 is 14.6 Å². The zero-order valence-electron chi connectivity index (χ0n) is 11.6. The van der Waals surface area contributed by atoms with Crippen LogP contribution in [-0.2, 0) is 4.74 Å². The molecule has 1 N–H and O–H groups in total. The van der Waals surface area contributed by atoms with Crippen molar-refractivity contribution in [1.29, 1.82) is 0 Å². The molecule has 0 aliphatic rings. The molecule has 0 saturated carbocycles. The summed E-state index contributed by atoms with van der Waals surface area (Å²) in [6.07, 6.45) is 0. The van der Waals surface area contributed by atoms with Crippen LogP contribution in [0.25, 0.3) is 0 Å². The van der Waals surface area contributed by atoms with Gasteiger partial charge in [0.1, 0.15) is 12.4 Å². The van der Waals surface area contributed by atoms with E-state index in [0.717, 1.165) is 6.54 Å². The summed E-state index contributed by atoms with van der Waals surface area (Å²) in [5.41, 5.74) is 0.235. The van der Waals surface area contributed by atoms with Gasteiger partial charge in [-0.1, -0.05) is 6.07 Å². The van der Waals surface area contributed by atoms with Gasteiger partial charge in [0.05, 0.1) is 12.2 Å². The molecule has 0 bridgehead atoms. The number of likely N-dealkylation sites (N-methyl/N-ethyl adjacent to an activating group) is 1. The van der Waals surface area contributed by atoms with E-state index in [4.69, 9.17) is 14.6 Å². The normalized spacial score (nSPS) is 12.4. The number of nitrogens with zero attached hydrogens (tertiary/aromatic N) is 1. The molecule has 1 rings (SSSR count). The first-order chi connectivity index (χ1) is 9.04. The van der Waals surface area contributed by atoms with E-state index in [1.165, 1.54) is 6.07 Å². The van der Waals surface area contributed by atoms with E-state index in [1.54, 1.807) is 25.3 Å². The molecule has 1 unspecified atom stereocenters. The molecule has 106 valence electrons. The van der Waals surface area contributed by atoms with Gasteiger partial charge in [-0.3, -0.25) is 4.90 Å². The van der Waals surface area contributed by atoms with Gasteiger partial charge in [0.25, 0.3) is 0 Å². The Bertz CT molecular complexity index is 408. The Balaban J connectivity index is 2.40. The molecule has 0 saturated heterocycles. The standard InChI is InChI=1S/C14H21NO4/c1-11(10-18-3)15(2)7-8-19-13-6-4-5-12(9-13)14(16)17/h4-6,9,11H,7-8,10H2,1-3H3,(H,16,17). The van der Waals surface area contributed by atoms with E-state index in [1.807, 2.05) is 7.05 Å². The second kappa shape index (κ2) is 7.76. The molecule has 0 spiro atoms. The number of aromatic carboxylic acids is 1. The van der Waals surface area contributed by atoms with Crippen molar-refractivity contribution in [2.24, 2.45) is 0 Å². The fourth-order valence-corrected chi connectivity index (χ4v) is 1.62. The van der Waals surface area contributed by atoms with Gasteiger partial charge in [0.2, 0.25) is 0 Å². The predicted octanol–water partition coefficient (Wildman–Crippen LogP) is 1.73. The maximum Gasteiger partial charge on any atom is 0.335 e. The average molecular weight is 267 g/mol. The lowest BCUT2D eigenvalue weighted by Gasteiger charge is -2.23. The van der Waals surface area contributed by atoms with Crippen LogP contribution >= 0.6 is 0 Å². The van der Waals surface area contributed by atoms with Gasteiger partial charge in [0.15, 0.2) is 0 Å². The molecule has 0 aromatic heterocycles. The molecule has 0 heterocycles. The highest BCUT2D eigenvalue weighted by molar-refractivity contribution is 5.87. The highest BCUT2D eigenvalue weighted by Crippen LogP contribution is 2.13. The summed E-state index contributed by atoms with van der Waals surface area (Å²) >= 11 is 0. The molecule has 0 radical (unpaired) electrons. The lowest BCUT2D eigenvalue weighted by molar-refractivity contribution is 0.0696. The lowest BCUT2D eigenvalue weighted by atomic mass is 10.2. The number of hydrogen-bond acceptors (Lipinski definition) is 4. The Morgan fingerprint density at radius 2 is 2.21 bits per heavy atom. The number of carboxylic acids is 1. The highest BCUT2D eigenvalue weighted by Gasteiger charge is 2.09. The molecule has 0 fully saturated rings. The summed E-state index contributed by atoms with van der Waals surface area (Å²) in [6.45, 7) is 4.01. The predicted molar refractivity (Wildman–Crippen MR) is 72.9 cm³/mol. The number of rotatable bonds is 8.